The molecule has 4 aliphatic rings. The molecule has 22 heavy (non-hydrogen) atoms. The third-order valence-electron chi connectivity index (χ3n) is 9.40. The first kappa shape index (κ1) is 15.5. The number of hydrogen-bond donors (Lipinski definition) is 1. The van der Waals surface area contributed by atoms with Crippen LogP contribution in [-0.2, 0) is 0 Å². The lowest BCUT2D eigenvalue weighted by Crippen LogP contribution is -2.54. The highest BCUT2D eigenvalue weighted by Gasteiger charge is 2.59. The summed E-state index contributed by atoms with van der Waals surface area (Å²) in [6.07, 6.45) is 14.5. The molecular weight excluding hydrogens is 266 g/mol. The smallest absolute Gasteiger partial charge is 0.00418 e. The van der Waals surface area contributed by atoms with Gasteiger partial charge in [0.15, 0.2) is 0 Å². The third-order valence-corrected chi connectivity index (χ3v) is 9.40. The molecule has 0 aliphatic heterocycles. The van der Waals surface area contributed by atoms with Gasteiger partial charge in [0.05, 0.1) is 0 Å². The minimum Gasteiger partial charge on any atom is -0.328 e. The van der Waals surface area contributed by atoms with Gasteiger partial charge < -0.3 is 5.73 Å². The summed E-state index contributed by atoms with van der Waals surface area (Å²) in [6, 6.07) is 0.499. The van der Waals surface area contributed by atoms with E-state index < -0.39 is 0 Å². The molecule has 0 aromatic rings. The van der Waals surface area contributed by atoms with Gasteiger partial charge >= 0.3 is 0 Å². The van der Waals surface area contributed by atoms with Crippen LogP contribution in [0.1, 0.15) is 85.0 Å². The van der Waals surface area contributed by atoms with E-state index in [0.717, 1.165) is 29.6 Å². The Morgan fingerprint density at radius 1 is 0.864 bits per heavy atom. The van der Waals surface area contributed by atoms with E-state index >= 15 is 0 Å². The molecule has 4 rings (SSSR count). The zero-order valence-corrected chi connectivity index (χ0v) is 15.1. The molecule has 4 fully saturated rings. The summed E-state index contributed by atoms with van der Waals surface area (Å²) < 4.78 is 0. The summed E-state index contributed by atoms with van der Waals surface area (Å²) in [7, 11) is 0. The molecule has 0 heterocycles. The van der Waals surface area contributed by atoms with Gasteiger partial charge in [-0.3, -0.25) is 0 Å². The van der Waals surface area contributed by atoms with E-state index in [-0.39, 0.29) is 0 Å². The summed E-state index contributed by atoms with van der Waals surface area (Å²) >= 11 is 0. The number of fused-ring (bicyclic) bond motifs is 5. The molecule has 1 nitrogen and oxygen atoms in total. The Bertz CT molecular complexity index is 432. The van der Waals surface area contributed by atoms with E-state index in [1.165, 1.54) is 64.2 Å². The second-order valence-electron chi connectivity index (χ2n) is 9.92. The van der Waals surface area contributed by atoms with Crippen LogP contribution in [0.25, 0.3) is 0 Å². The van der Waals surface area contributed by atoms with Gasteiger partial charge in [0.25, 0.3) is 0 Å². The molecular formula is C21H37N. The van der Waals surface area contributed by atoms with Crippen molar-refractivity contribution >= 4 is 0 Å². The van der Waals surface area contributed by atoms with Gasteiger partial charge in [-0.25, -0.2) is 0 Å². The molecule has 0 bridgehead atoms. The van der Waals surface area contributed by atoms with E-state index in [1.54, 1.807) is 0 Å². The average Bonchev–Trinajstić information content (AvgIpc) is 2.84. The van der Waals surface area contributed by atoms with Gasteiger partial charge in [-0.15, -0.1) is 0 Å². The maximum absolute atomic E-state index is 6.31. The van der Waals surface area contributed by atoms with Gasteiger partial charge in [0, 0.05) is 6.04 Å². The first-order chi connectivity index (χ1) is 10.5. The van der Waals surface area contributed by atoms with Crippen molar-refractivity contribution in [1.29, 1.82) is 0 Å². The van der Waals surface area contributed by atoms with Crippen molar-refractivity contribution in [3.63, 3.8) is 0 Å². The van der Waals surface area contributed by atoms with Crippen molar-refractivity contribution in [1.82, 2.24) is 0 Å². The zero-order valence-electron chi connectivity index (χ0n) is 15.1. The molecule has 2 N–H and O–H groups in total. The lowest BCUT2D eigenvalue weighted by molar-refractivity contribution is -0.113. The molecule has 0 amide bonds. The minimum atomic E-state index is 0.499. The van der Waals surface area contributed by atoms with E-state index in [4.69, 9.17) is 5.73 Å². The maximum atomic E-state index is 6.31. The topological polar surface area (TPSA) is 26.0 Å². The van der Waals surface area contributed by atoms with Crippen LogP contribution >= 0.6 is 0 Å². The van der Waals surface area contributed by atoms with Gasteiger partial charge in [-0.2, -0.15) is 0 Å². The highest BCUT2D eigenvalue weighted by atomic mass is 14.7. The predicted octanol–water partition coefficient (Wildman–Crippen LogP) is 5.38. The number of hydrogen-bond acceptors (Lipinski definition) is 1. The summed E-state index contributed by atoms with van der Waals surface area (Å²) in [5.41, 5.74) is 7.63. The van der Waals surface area contributed by atoms with E-state index in [2.05, 4.69) is 20.8 Å². The van der Waals surface area contributed by atoms with Crippen LogP contribution in [0.3, 0.4) is 0 Å². The Labute approximate surface area is 137 Å². The second kappa shape index (κ2) is 5.23. The third kappa shape index (κ3) is 2.00. The molecule has 0 aromatic carbocycles. The van der Waals surface area contributed by atoms with Gasteiger partial charge in [0.1, 0.15) is 0 Å². The van der Waals surface area contributed by atoms with Crippen LogP contribution < -0.4 is 5.73 Å². The van der Waals surface area contributed by atoms with Crippen LogP contribution in [0.5, 0.6) is 0 Å². The van der Waals surface area contributed by atoms with E-state index in [0.29, 0.717) is 16.9 Å². The molecule has 4 aliphatic carbocycles. The molecule has 0 aromatic heterocycles. The number of nitrogens with two attached hydrogens (primary N) is 1. The SMILES string of the molecule is CC[C@H]1CC[C@H]2[C@@H]3CCC4C[C@H](N)CC[C@]4(C)[C@H]3CC[C@]12C. The normalized spacial score (nSPS) is 57.8. The lowest BCUT2D eigenvalue weighted by Gasteiger charge is -2.61. The summed E-state index contributed by atoms with van der Waals surface area (Å²) in [6.45, 7) is 7.76. The van der Waals surface area contributed by atoms with E-state index in [1.807, 2.05) is 0 Å². The predicted molar refractivity (Wildman–Crippen MR) is 93.5 cm³/mol. The van der Waals surface area contributed by atoms with Crippen LogP contribution in [0.2, 0.25) is 0 Å². The lowest BCUT2D eigenvalue weighted by atomic mass is 9.44. The van der Waals surface area contributed by atoms with Crippen molar-refractivity contribution in [2.45, 2.75) is 91.0 Å². The van der Waals surface area contributed by atoms with Crippen molar-refractivity contribution in [2.75, 3.05) is 0 Å². The molecule has 1 unspecified atom stereocenters. The standard InChI is InChI=1S/C21H37N/c1-4-14-6-8-18-17-7-5-15-13-16(22)9-11-21(15,3)19(17)10-12-20(14,18)2/h14-19H,4-13,22H2,1-3H3/t14-,15?,16+,17-,18-,19-,20+,21-/m0/s1. The highest BCUT2D eigenvalue weighted by molar-refractivity contribution is 5.09. The van der Waals surface area contributed by atoms with Crippen molar-refractivity contribution in [2.24, 2.45) is 46.2 Å². The Kier molecular flexibility index (Phi) is 3.68. The summed E-state index contributed by atoms with van der Waals surface area (Å²) in [4.78, 5) is 0. The Balaban J connectivity index is 1.61. The summed E-state index contributed by atoms with van der Waals surface area (Å²) in [5.74, 6) is 5.07. The van der Waals surface area contributed by atoms with Crippen molar-refractivity contribution < 1.29 is 0 Å². The van der Waals surface area contributed by atoms with Crippen LogP contribution in [-0.4, -0.2) is 6.04 Å². The average molecular weight is 304 g/mol. The fourth-order valence-electron chi connectivity index (χ4n) is 8.07. The van der Waals surface area contributed by atoms with Crippen LogP contribution in [0, 0.1) is 40.4 Å². The van der Waals surface area contributed by atoms with Gasteiger partial charge in [-0.1, -0.05) is 27.2 Å². The van der Waals surface area contributed by atoms with Crippen LogP contribution in [0.15, 0.2) is 0 Å². The number of rotatable bonds is 1. The fourth-order valence-corrected chi connectivity index (χ4v) is 8.07. The Morgan fingerprint density at radius 2 is 1.59 bits per heavy atom. The first-order valence-corrected chi connectivity index (χ1v) is 10.2. The molecule has 4 saturated carbocycles. The second-order valence-corrected chi connectivity index (χ2v) is 9.92. The molecule has 8 atom stereocenters. The van der Waals surface area contributed by atoms with Crippen molar-refractivity contribution in [3.05, 3.63) is 0 Å². The van der Waals surface area contributed by atoms with E-state index in [9.17, 15) is 0 Å². The molecule has 0 spiro atoms. The molecule has 0 radical (unpaired) electrons. The fraction of sp³-hybridized carbons (Fsp3) is 1.00. The van der Waals surface area contributed by atoms with Gasteiger partial charge in [-0.05, 0) is 98.2 Å². The quantitative estimate of drug-likeness (QED) is 0.691. The summed E-state index contributed by atoms with van der Waals surface area (Å²) in [5, 5.41) is 0. The van der Waals surface area contributed by atoms with Crippen LogP contribution in [0.4, 0.5) is 0 Å². The first-order valence-electron chi connectivity index (χ1n) is 10.2. The largest absolute Gasteiger partial charge is 0.328 e. The zero-order chi connectivity index (χ0) is 15.5. The molecule has 1 heteroatoms. The molecule has 0 saturated heterocycles. The Hall–Kier alpha value is -0.0400. The van der Waals surface area contributed by atoms with Gasteiger partial charge in [0.2, 0.25) is 0 Å². The monoisotopic (exact) mass is 303 g/mol. The minimum absolute atomic E-state index is 0.499. The Morgan fingerprint density at radius 3 is 2.36 bits per heavy atom. The molecule has 126 valence electrons. The van der Waals surface area contributed by atoms with Crippen molar-refractivity contribution in [3.8, 4) is 0 Å². The maximum Gasteiger partial charge on any atom is 0.00418 e. The highest BCUT2D eigenvalue weighted by Crippen LogP contribution is 2.67.